The Bertz CT molecular complexity index is 1280. The van der Waals surface area contributed by atoms with Crippen molar-refractivity contribution in [3.05, 3.63) is 51.7 Å². The molecule has 1 amide bonds. The van der Waals surface area contributed by atoms with Crippen molar-refractivity contribution in [2.75, 3.05) is 16.8 Å². The molecule has 0 aliphatic carbocycles. The van der Waals surface area contributed by atoms with Gasteiger partial charge in [-0.2, -0.15) is 5.10 Å². The molecule has 4 rings (SSSR count). The van der Waals surface area contributed by atoms with Gasteiger partial charge in [-0.1, -0.05) is 17.7 Å². The molecular weight excluding hydrogens is 418 g/mol. The molecule has 3 aromatic rings. The second kappa shape index (κ2) is 7.27. The van der Waals surface area contributed by atoms with Gasteiger partial charge in [0.2, 0.25) is 5.91 Å². The van der Waals surface area contributed by atoms with Crippen LogP contribution in [0.3, 0.4) is 0 Å². The van der Waals surface area contributed by atoms with Crippen molar-refractivity contribution in [3.8, 4) is 0 Å². The molecule has 1 saturated heterocycles. The Morgan fingerprint density at radius 2 is 2.17 bits per heavy atom. The summed E-state index contributed by atoms with van der Waals surface area (Å²) in [5.74, 6) is -0.317. The summed E-state index contributed by atoms with van der Waals surface area (Å²) >= 11 is 5.96. The smallest absolute Gasteiger partial charge is 0.264 e. The van der Waals surface area contributed by atoms with E-state index in [1.807, 2.05) is 6.92 Å². The summed E-state index contributed by atoms with van der Waals surface area (Å²) in [7, 11) is -3.10. The first-order chi connectivity index (χ1) is 13.7. The molecule has 2 aromatic heterocycles. The molecule has 3 heterocycles. The monoisotopic (exact) mass is 435 g/mol. The van der Waals surface area contributed by atoms with Gasteiger partial charge in [-0.3, -0.25) is 14.2 Å². The molecule has 1 N–H and O–H groups in total. The number of rotatable bonds is 4. The van der Waals surface area contributed by atoms with Gasteiger partial charge in [-0.25, -0.2) is 18.1 Å². The normalized spacial score (nSPS) is 18.2. The van der Waals surface area contributed by atoms with Crippen molar-refractivity contribution < 1.29 is 13.2 Å². The first-order valence-electron chi connectivity index (χ1n) is 8.92. The van der Waals surface area contributed by atoms with Crippen molar-refractivity contribution in [2.45, 2.75) is 25.9 Å². The number of amides is 1. The maximum Gasteiger partial charge on any atom is 0.264 e. The van der Waals surface area contributed by atoms with Gasteiger partial charge in [0, 0.05) is 10.7 Å². The van der Waals surface area contributed by atoms with Crippen molar-refractivity contribution in [3.63, 3.8) is 0 Å². The topological polar surface area (TPSA) is 116 Å². The fraction of sp³-hybridized carbons (Fsp3) is 0.333. The van der Waals surface area contributed by atoms with Crippen LogP contribution in [0.4, 0.5) is 5.69 Å². The van der Waals surface area contributed by atoms with Crippen molar-refractivity contribution in [1.29, 1.82) is 0 Å². The lowest BCUT2D eigenvalue weighted by Crippen LogP contribution is -2.28. The standard InChI is InChI=1S/C18H18ClN5O4S/c1-11-2-3-12(19)6-15(11)22-16(25)8-23-10-20-17-14(18(23)26)7-21-24(17)13-4-5-29(27,28)9-13/h2-3,6-7,10,13H,4-5,8-9H2,1H3,(H,22,25). The number of sulfone groups is 1. The largest absolute Gasteiger partial charge is 0.324 e. The van der Waals surface area contributed by atoms with Crippen LogP contribution in [0.1, 0.15) is 18.0 Å². The van der Waals surface area contributed by atoms with E-state index in [2.05, 4.69) is 15.4 Å². The Kier molecular flexibility index (Phi) is 4.91. The third-order valence-corrected chi connectivity index (χ3v) is 6.91. The number of aromatic nitrogens is 4. The molecule has 1 aliphatic heterocycles. The number of nitrogens with zero attached hydrogens (tertiary/aromatic N) is 4. The van der Waals surface area contributed by atoms with Gasteiger partial charge in [-0.05, 0) is 31.0 Å². The average Bonchev–Trinajstić information content (AvgIpc) is 3.24. The highest BCUT2D eigenvalue weighted by Crippen LogP contribution is 2.25. The van der Waals surface area contributed by atoms with Crippen LogP contribution in [0, 0.1) is 6.92 Å². The highest BCUT2D eigenvalue weighted by Gasteiger charge is 2.31. The van der Waals surface area contributed by atoms with Crippen LogP contribution in [0.15, 0.2) is 35.5 Å². The molecule has 11 heteroatoms. The zero-order valence-electron chi connectivity index (χ0n) is 15.5. The molecule has 1 unspecified atom stereocenters. The summed E-state index contributed by atoms with van der Waals surface area (Å²) in [6.45, 7) is 1.61. The Hall–Kier alpha value is -2.72. The fourth-order valence-corrected chi connectivity index (χ4v) is 5.25. The third-order valence-electron chi connectivity index (χ3n) is 4.92. The Labute approximate surface area is 171 Å². The maximum atomic E-state index is 12.7. The summed E-state index contributed by atoms with van der Waals surface area (Å²) in [6.07, 6.45) is 3.08. The summed E-state index contributed by atoms with van der Waals surface area (Å²) in [5.41, 5.74) is 1.32. The number of carbonyl (C=O) groups is 1. The van der Waals surface area contributed by atoms with E-state index in [1.54, 1.807) is 18.2 Å². The van der Waals surface area contributed by atoms with Crippen LogP contribution >= 0.6 is 11.6 Å². The summed E-state index contributed by atoms with van der Waals surface area (Å²) in [4.78, 5) is 29.4. The number of hydrogen-bond donors (Lipinski definition) is 1. The molecule has 152 valence electrons. The second-order valence-corrected chi connectivity index (χ2v) is 9.73. The van der Waals surface area contributed by atoms with Gasteiger partial charge < -0.3 is 5.32 Å². The predicted molar refractivity (Wildman–Crippen MR) is 109 cm³/mol. The first-order valence-corrected chi connectivity index (χ1v) is 11.1. The Morgan fingerprint density at radius 1 is 1.38 bits per heavy atom. The number of fused-ring (bicyclic) bond motifs is 1. The molecule has 29 heavy (non-hydrogen) atoms. The number of hydrogen-bond acceptors (Lipinski definition) is 6. The molecule has 0 radical (unpaired) electrons. The zero-order valence-corrected chi connectivity index (χ0v) is 17.1. The molecule has 1 aliphatic rings. The molecule has 1 fully saturated rings. The molecule has 9 nitrogen and oxygen atoms in total. The second-order valence-electron chi connectivity index (χ2n) is 7.07. The third kappa shape index (κ3) is 3.90. The number of anilines is 1. The van der Waals surface area contributed by atoms with E-state index in [-0.39, 0.29) is 29.5 Å². The van der Waals surface area contributed by atoms with E-state index in [1.165, 1.54) is 21.8 Å². The van der Waals surface area contributed by atoms with Crippen molar-refractivity contribution in [1.82, 2.24) is 19.3 Å². The average molecular weight is 436 g/mol. The van der Waals surface area contributed by atoms with Crippen LogP contribution in [-0.2, 0) is 21.2 Å². The van der Waals surface area contributed by atoms with Crippen LogP contribution in [0.5, 0.6) is 0 Å². The number of nitrogens with one attached hydrogen (secondary N) is 1. The summed E-state index contributed by atoms with van der Waals surface area (Å²) in [5, 5.41) is 7.64. The van der Waals surface area contributed by atoms with Gasteiger partial charge in [0.05, 0.1) is 23.7 Å². The summed E-state index contributed by atoms with van der Waals surface area (Å²) in [6, 6.07) is 4.81. The van der Waals surface area contributed by atoms with Crippen LogP contribution in [-0.4, -0.2) is 45.2 Å². The van der Waals surface area contributed by atoms with E-state index >= 15 is 0 Å². The van der Waals surface area contributed by atoms with Gasteiger partial charge in [0.25, 0.3) is 5.56 Å². The van der Waals surface area contributed by atoms with Crippen LogP contribution in [0.2, 0.25) is 5.02 Å². The van der Waals surface area contributed by atoms with E-state index in [0.717, 1.165) is 5.56 Å². The molecule has 1 atom stereocenters. The lowest BCUT2D eigenvalue weighted by atomic mass is 10.2. The van der Waals surface area contributed by atoms with Gasteiger partial charge in [0.15, 0.2) is 15.5 Å². The molecular formula is C18H18ClN5O4S. The van der Waals surface area contributed by atoms with Gasteiger partial charge >= 0.3 is 0 Å². The minimum atomic E-state index is -3.10. The highest BCUT2D eigenvalue weighted by atomic mass is 35.5. The minimum Gasteiger partial charge on any atom is -0.324 e. The Balaban J connectivity index is 1.58. The first kappa shape index (κ1) is 19.6. The number of carbonyl (C=O) groups excluding carboxylic acids is 1. The number of halogens is 1. The quantitative estimate of drug-likeness (QED) is 0.664. The van der Waals surface area contributed by atoms with E-state index in [9.17, 15) is 18.0 Å². The Morgan fingerprint density at radius 3 is 2.90 bits per heavy atom. The SMILES string of the molecule is Cc1ccc(Cl)cc1NC(=O)Cn1cnc2c(cnn2C2CCS(=O)(=O)C2)c1=O. The molecule has 0 saturated carbocycles. The molecule has 0 bridgehead atoms. The molecule has 0 spiro atoms. The van der Waals surface area contributed by atoms with Gasteiger partial charge in [-0.15, -0.1) is 0 Å². The highest BCUT2D eigenvalue weighted by molar-refractivity contribution is 7.91. The maximum absolute atomic E-state index is 12.7. The van der Waals surface area contributed by atoms with E-state index in [4.69, 9.17) is 11.6 Å². The van der Waals surface area contributed by atoms with Crippen LogP contribution < -0.4 is 10.9 Å². The fourth-order valence-electron chi connectivity index (χ4n) is 3.39. The van der Waals surface area contributed by atoms with Crippen molar-refractivity contribution >= 4 is 44.1 Å². The van der Waals surface area contributed by atoms with E-state index in [0.29, 0.717) is 22.8 Å². The van der Waals surface area contributed by atoms with E-state index < -0.39 is 21.3 Å². The lowest BCUT2D eigenvalue weighted by molar-refractivity contribution is -0.116. The zero-order chi connectivity index (χ0) is 20.8. The predicted octanol–water partition coefficient (Wildman–Crippen LogP) is 1.55. The number of benzene rings is 1. The van der Waals surface area contributed by atoms with Crippen molar-refractivity contribution in [2.24, 2.45) is 0 Å². The minimum absolute atomic E-state index is 0.0179. The lowest BCUT2D eigenvalue weighted by Gasteiger charge is -2.11. The molecule has 1 aromatic carbocycles. The van der Waals surface area contributed by atoms with Crippen LogP contribution in [0.25, 0.3) is 11.0 Å². The van der Waals surface area contributed by atoms with Gasteiger partial charge in [0.1, 0.15) is 18.3 Å². The summed E-state index contributed by atoms with van der Waals surface area (Å²) < 4.78 is 26.1. The number of aryl methyl sites for hydroxylation is 1.